The largest absolute Gasteiger partial charge is 0.394 e. The van der Waals surface area contributed by atoms with Crippen molar-refractivity contribution in [2.45, 2.75) is 74.8 Å². The number of aliphatic hydroxyl groups excluding tert-OH is 6. The molecule has 2 saturated heterocycles. The molecule has 2 aliphatic heterocycles. The molecule has 0 aliphatic carbocycles. The van der Waals surface area contributed by atoms with Crippen LogP contribution in [0.25, 0.3) is 0 Å². The standard InChI is InChI=1S/C20H30O10/c1-10-13(22)15(24)16(25)20(28-10)30-18-14(23)12(9-21)29-19(17(18)26)27-8-7-11-5-3-2-4-6-11/h2-6,10,12-26H,7-9H2,1H3. The van der Waals surface area contributed by atoms with Crippen LogP contribution in [-0.4, -0.2) is 105 Å². The van der Waals surface area contributed by atoms with E-state index >= 15 is 0 Å². The molecule has 3 rings (SSSR count). The van der Waals surface area contributed by atoms with Gasteiger partial charge in [-0.1, -0.05) is 30.3 Å². The van der Waals surface area contributed by atoms with Crippen molar-refractivity contribution in [2.24, 2.45) is 0 Å². The third-order valence-electron chi connectivity index (χ3n) is 5.44. The molecule has 170 valence electrons. The highest BCUT2D eigenvalue weighted by atomic mass is 16.7. The Morgan fingerprint density at radius 3 is 2.20 bits per heavy atom. The predicted molar refractivity (Wildman–Crippen MR) is 101 cm³/mol. The Labute approximate surface area is 174 Å². The molecule has 10 atom stereocenters. The summed E-state index contributed by atoms with van der Waals surface area (Å²) in [5.41, 5.74) is 1.02. The van der Waals surface area contributed by atoms with E-state index in [2.05, 4.69) is 0 Å². The number of hydrogen-bond donors (Lipinski definition) is 6. The molecule has 10 nitrogen and oxygen atoms in total. The molecular weight excluding hydrogens is 400 g/mol. The lowest BCUT2D eigenvalue weighted by molar-refractivity contribution is -0.357. The molecule has 30 heavy (non-hydrogen) atoms. The first-order chi connectivity index (χ1) is 14.3. The Morgan fingerprint density at radius 1 is 0.833 bits per heavy atom. The van der Waals surface area contributed by atoms with Crippen LogP contribution in [0.5, 0.6) is 0 Å². The maximum Gasteiger partial charge on any atom is 0.187 e. The molecule has 0 radical (unpaired) electrons. The van der Waals surface area contributed by atoms with Crippen molar-refractivity contribution in [3.05, 3.63) is 35.9 Å². The fraction of sp³-hybridized carbons (Fsp3) is 0.700. The highest BCUT2D eigenvalue weighted by molar-refractivity contribution is 5.14. The van der Waals surface area contributed by atoms with Crippen LogP contribution in [0.2, 0.25) is 0 Å². The lowest BCUT2D eigenvalue weighted by Gasteiger charge is -2.45. The van der Waals surface area contributed by atoms with Gasteiger partial charge in [-0.2, -0.15) is 0 Å². The Hall–Kier alpha value is -1.18. The molecule has 0 bridgehead atoms. The molecular formula is C20H30O10. The zero-order chi connectivity index (χ0) is 21.8. The smallest absolute Gasteiger partial charge is 0.187 e. The van der Waals surface area contributed by atoms with E-state index in [1.807, 2.05) is 30.3 Å². The second kappa shape index (κ2) is 10.4. The van der Waals surface area contributed by atoms with Gasteiger partial charge >= 0.3 is 0 Å². The summed E-state index contributed by atoms with van der Waals surface area (Å²) < 4.78 is 22.0. The van der Waals surface area contributed by atoms with Gasteiger partial charge in [0.05, 0.1) is 19.3 Å². The third-order valence-corrected chi connectivity index (χ3v) is 5.44. The van der Waals surface area contributed by atoms with Crippen LogP contribution in [0.3, 0.4) is 0 Å². The van der Waals surface area contributed by atoms with E-state index in [1.165, 1.54) is 6.92 Å². The molecule has 10 heteroatoms. The first kappa shape index (κ1) is 23.5. The number of rotatable bonds is 7. The SMILES string of the molecule is CC1OC(OC2C(O)C(CO)OC(OCCc3ccccc3)C2O)C(O)C(O)C1O. The molecule has 6 N–H and O–H groups in total. The summed E-state index contributed by atoms with van der Waals surface area (Å²) in [5, 5.41) is 60.5. The number of ether oxygens (including phenoxy) is 4. The zero-order valence-electron chi connectivity index (χ0n) is 16.6. The summed E-state index contributed by atoms with van der Waals surface area (Å²) in [6, 6.07) is 9.54. The Morgan fingerprint density at radius 2 is 1.53 bits per heavy atom. The van der Waals surface area contributed by atoms with E-state index in [0.717, 1.165) is 5.56 Å². The maximum absolute atomic E-state index is 10.6. The van der Waals surface area contributed by atoms with Crippen molar-refractivity contribution < 1.29 is 49.6 Å². The minimum Gasteiger partial charge on any atom is -0.394 e. The molecule has 0 saturated carbocycles. The number of hydrogen-bond acceptors (Lipinski definition) is 10. The van der Waals surface area contributed by atoms with E-state index in [9.17, 15) is 30.6 Å². The topological polar surface area (TPSA) is 158 Å². The van der Waals surface area contributed by atoms with Gasteiger partial charge < -0.3 is 49.6 Å². The fourth-order valence-electron chi connectivity index (χ4n) is 3.57. The zero-order valence-corrected chi connectivity index (χ0v) is 16.6. The first-order valence-corrected chi connectivity index (χ1v) is 9.96. The summed E-state index contributed by atoms with van der Waals surface area (Å²) >= 11 is 0. The molecule has 2 aliphatic rings. The second-order valence-electron chi connectivity index (χ2n) is 7.60. The van der Waals surface area contributed by atoms with Crippen molar-refractivity contribution in [3.63, 3.8) is 0 Å². The van der Waals surface area contributed by atoms with Gasteiger partial charge in [-0.05, 0) is 18.9 Å². The van der Waals surface area contributed by atoms with Gasteiger partial charge in [0.15, 0.2) is 12.6 Å². The maximum atomic E-state index is 10.6. The van der Waals surface area contributed by atoms with E-state index in [1.54, 1.807) is 0 Å². The number of aliphatic hydroxyl groups is 6. The quantitative estimate of drug-likeness (QED) is 0.283. The highest BCUT2D eigenvalue weighted by Crippen LogP contribution is 2.29. The second-order valence-corrected chi connectivity index (χ2v) is 7.60. The van der Waals surface area contributed by atoms with Gasteiger partial charge in [-0.25, -0.2) is 0 Å². The van der Waals surface area contributed by atoms with Crippen LogP contribution < -0.4 is 0 Å². The van der Waals surface area contributed by atoms with E-state index in [4.69, 9.17) is 18.9 Å². The van der Waals surface area contributed by atoms with Crippen LogP contribution in [0, 0.1) is 0 Å². The Bertz CT molecular complexity index is 646. The van der Waals surface area contributed by atoms with Crippen LogP contribution in [-0.2, 0) is 25.4 Å². The minimum atomic E-state index is -1.61. The summed E-state index contributed by atoms with van der Waals surface area (Å²) in [7, 11) is 0. The van der Waals surface area contributed by atoms with Gasteiger partial charge in [0.25, 0.3) is 0 Å². The Balaban J connectivity index is 1.64. The lowest BCUT2D eigenvalue weighted by atomic mass is 9.97. The van der Waals surface area contributed by atoms with Crippen molar-refractivity contribution >= 4 is 0 Å². The van der Waals surface area contributed by atoms with Gasteiger partial charge in [0, 0.05) is 0 Å². The van der Waals surface area contributed by atoms with Crippen molar-refractivity contribution in [2.75, 3.05) is 13.2 Å². The molecule has 2 heterocycles. The normalized spacial score (nSPS) is 42.2. The summed E-state index contributed by atoms with van der Waals surface area (Å²) in [5.74, 6) is 0. The van der Waals surface area contributed by atoms with Gasteiger partial charge in [0.1, 0.15) is 42.7 Å². The molecule has 10 unspecified atom stereocenters. The Kier molecular flexibility index (Phi) is 8.16. The first-order valence-electron chi connectivity index (χ1n) is 9.96. The summed E-state index contributed by atoms with van der Waals surface area (Å²) in [6.07, 6.45) is -12.7. The van der Waals surface area contributed by atoms with E-state index in [0.29, 0.717) is 6.42 Å². The van der Waals surface area contributed by atoms with E-state index < -0.39 is 68.0 Å². The average molecular weight is 430 g/mol. The van der Waals surface area contributed by atoms with Gasteiger partial charge in [-0.3, -0.25) is 0 Å². The van der Waals surface area contributed by atoms with Crippen molar-refractivity contribution in [1.29, 1.82) is 0 Å². The molecule has 1 aromatic rings. The third kappa shape index (κ3) is 5.17. The van der Waals surface area contributed by atoms with Crippen LogP contribution in [0.1, 0.15) is 12.5 Å². The number of benzene rings is 1. The van der Waals surface area contributed by atoms with E-state index in [-0.39, 0.29) is 6.61 Å². The molecule has 0 amide bonds. The van der Waals surface area contributed by atoms with Gasteiger partial charge in [0.2, 0.25) is 0 Å². The fourth-order valence-corrected chi connectivity index (χ4v) is 3.57. The van der Waals surface area contributed by atoms with Crippen LogP contribution in [0.4, 0.5) is 0 Å². The minimum absolute atomic E-state index is 0.206. The molecule has 1 aromatic carbocycles. The van der Waals surface area contributed by atoms with Crippen molar-refractivity contribution in [1.82, 2.24) is 0 Å². The molecule has 2 fully saturated rings. The van der Waals surface area contributed by atoms with Crippen LogP contribution >= 0.6 is 0 Å². The monoisotopic (exact) mass is 430 g/mol. The van der Waals surface area contributed by atoms with Crippen molar-refractivity contribution in [3.8, 4) is 0 Å². The summed E-state index contributed by atoms with van der Waals surface area (Å²) in [6.45, 7) is 1.13. The van der Waals surface area contributed by atoms with Crippen LogP contribution in [0.15, 0.2) is 30.3 Å². The highest BCUT2D eigenvalue weighted by Gasteiger charge is 2.50. The molecule has 0 aromatic heterocycles. The lowest BCUT2D eigenvalue weighted by Crippen LogP contribution is -2.64. The molecule has 0 spiro atoms. The summed E-state index contributed by atoms with van der Waals surface area (Å²) in [4.78, 5) is 0. The average Bonchev–Trinajstić information content (AvgIpc) is 2.75. The predicted octanol–water partition coefficient (Wildman–Crippen LogP) is -2.10. The van der Waals surface area contributed by atoms with Gasteiger partial charge in [-0.15, -0.1) is 0 Å².